The van der Waals surface area contributed by atoms with Gasteiger partial charge in [0, 0.05) is 36.5 Å². The molecule has 0 bridgehead atoms. The topological polar surface area (TPSA) is 116 Å². The first-order valence-electron chi connectivity index (χ1n) is 10.5. The van der Waals surface area contributed by atoms with Crippen molar-refractivity contribution in [1.29, 1.82) is 0 Å². The molecular formula is C23H23FN4O5S2. The summed E-state index contributed by atoms with van der Waals surface area (Å²) in [5.41, 5.74) is -0.179. The van der Waals surface area contributed by atoms with Crippen molar-refractivity contribution in [3.63, 3.8) is 0 Å². The van der Waals surface area contributed by atoms with Gasteiger partial charge in [0.2, 0.25) is 5.95 Å². The van der Waals surface area contributed by atoms with Gasteiger partial charge in [-0.25, -0.2) is 13.8 Å². The monoisotopic (exact) mass is 518 g/mol. The van der Waals surface area contributed by atoms with Gasteiger partial charge in [0.25, 0.3) is 10.0 Å². The molecule has 0 saturated carbocycles. The van der Waals surface area contributed by atoms with Crippen molar-refractivity contribution in [3.05, 3.63) is 66.5 Å². The van der Waals surface area contributed by atoms with Crippen LogP contribution in [0.2, 0.25) is 0 Å². The number of halogens is 1. The van der Waals surface area contributed by atoms with Crippen molar-refractivity contribution < 1.29 is 26.9 Å². The number of alkyl carbamates (subject to hydrolysis) is 1. The summed E-state index contributed by atoms with van der Waals surface area (Å²) < 4.78 is 53.9. The lowest BCUT2D eigenvalue weighted by atomic mass is 9.85. The number of ether oxygens (including phenoxy) is 1. The molecule has 1 amide bonds. The number of rotatable bonds is 6. The van der Waals surface area contributed by atoms with E-state index in [0.29, 0.717) is 16.2 Å². The van der Waals surface area contributed by atoms with Crippen LogP contribution in [0.25, 0.3) is 21.9 Å². The van der Waals surface area contributed by atoms with E-state index in [2.05, 4.69) is 15.5 Å². The molecule has 0 aliphatic carbocycles. The summed E-state index contributed by atoms with van der Waals surface area (Å²) in [6, 6.07) is 9.13. The summed E-state index contributed by atoms with van der Waals surface area (Å²) in [5, 5.41) is 6.05. The minimum Gasteiger partial charge on any atom is -0.441 e. The highest BCUT2D eigenvalue weighted by Crippen LogP contribution is 2.40. The molecule has 184 valence electrons. The highest BCUT2D eigenvalue weighted by Gasteiger charge is 2.34. The SMILES string of the molecule is CNC(=O)OC(c1cc(-c2cccnc2F)n(S(=O)(=O)c2ccc(-c3ccno3)s2)c1)C(C)(C)C. The summed E-state index contributed by atoms with van der Waals surface area (Å²) in [7, 11) is -2.75. The Morgan fingerprint density at radius 3 is 2.63 bits per heavy atom. The molecule has 0 spiro atoms. The molecule has 0 radical (unpaired) electrons. The number of hydrogen-bond acceptors (Lipinski definition) is 8. The van der Waals surface area contributed by atoms with E-state index >= 15 is 0 Å². The lowest BCUT2D eigenvalue weighted by Gasteiger charge is -2.29. The maximum absolute atomic E-state index is 14.7. The maximum Gasteiger partial charge on any atom is 0.407 e. The van der Waals surface area contributed by atoms with Gasteiger partial charge >= 0.3 is 6.09 Å². The van der Waals surface area contributed by atoms with E-state index in [1.54, 1.807) is 12.1 Å². The van der Waals surface area contributed by atoms with Crippen LogP contribution in [-0.4, -0.2) is 35.7 Å². The highest BCUT2D eigenvalue weighted by molar-refractivity contribution is 7.92. The average Bonchev–Trinajstić information content (AvgIpc) is 3.57. The van der Waals surface area contributed by atoms with Gasteiger partial charge < -0.3 is 14.6 Å². The van der Waals surface area contributed by atoms with E-state index in [1.165, 1.54) is 49.9 Å². The van der Waals surface area contributed by atoms with Crippen molar-refractivity contribution in [2.75, 3.05) is 7.05 Å². The van der Waals surface area contributed by atoms with Gasteiger partial charge in [-0.2, -0.15) is 12.8 Å². The van der Waals surface area contributed by atoms with Gasteiger partial charge in [0.1, 0.15) is 10.3 Å². The van der Waals surface area contributed by atoms with E-state index in [0.717, 1.165) is 15.3 Å². The first-order chi connectivity index (χ1) is 16.5. The maximum atomic E-state index is 14.7. The Morgan fingerprint density at radius 1 is 1.23 bits per heavy atom. The molecule has 0 aliphatic rings. The molecule has 12 heteroatoms. The summed E-state index contributed by atoms with van der Waals surface area (Å²) >= 11 is 0.991. The van der Waals surface area contributed by atoms with Crippen LogP contribution in [0.5, 0.6) is 0 Å². The minimum absolute atomic E-state index is 0.0103. The molecule has 1 N–H and O–H groups in total. The lowest BCUT2D eigenvalue weighted by Crippen LogP contribution is -2.28. The Balaban J connectivity index is 1.89. The molecule has 35 heavy (non-hydrogen) atoms. The Hall–Kier alpha value is -3.51. The molecule has 4 aromatic heterocycles. The predicted molar refractivity (Wildman–Crippen MR) is 128 cm³/mol. The van der Waals surface area contributed by atoms with E-state index in [1.807, 2.05) is 20.8 Å². The molecule has 0 aliphatic heterocycles. The molecule has 1 atom stereocenters. The van der Waals surface area contributed by atoms with Crippen LogP contribution < -0.4 is 5.32 Å². The minimum atomic E-state index is -4.17. The van der Waals surface area contributed by atoms with E-state index in [4.69, 9.17) is 9.26 Å². The largest absolute Gasteiger partial charge is 0.441 e. The number of amides is 1. The summed E-state index contributed by atoms with van der Waals surface area (Å²) in [5.74, 6) is -0.406. The summed E-state index contributed by atoms with van der Waals surface area (Å²) in [6.07, 6.45) is 2.58. The number of carbonyl (C=O) groups excluding carboxylic acids is 1. The number of thiophene rings is 1. The third kappa shape index (κ3) is 4.84. The Kier molecular flexibility index (Phi) is 6.52. The Morgan fingerprint density at radius 2 is 2.00 bits per heavy atom. The van der Waals surface area contributed by atoms with Gasteiger partial charge in [-0.1, -0.05) is 25.9 Å². The van der Waals surface area contributed by atoms with Crippen LogP contribution in [0.1, 0.15) is 32.4 Å². The number of pyridine rings is 1. The Labute approximate surface area is 205 Å². The van der Waals surface area contributed by atoms with E-state index in [-0.39, 0.29) is 15.5 Å². The molecule has 1 unspecified atom stereocenters. The number of carbonyl (C=O) groups is 1. The molecule has 4 rings (SSSR count). The standard InChI is InChI=1S/C23H23FN4O5S2/c1-23(2,3)20(32-22(29)25-4)14-12-16(15-6-5-10-26-21(15)24)28(13-14)35(30,31)19-8-7-18(34-19)17-9-11-27-33-17/h5-13,20H,1-4H3,(H,25,29). The van der Waals surface area contributed by atoms with Gasteiger partial charge in [0.05, 0.1) is 22.3 Å². The van der Waals surface area contributed by atoms with Crippen molar-refractivity contribution in [1.82, 2.24) is 19.4 Å². The van der Waals surface area contributed by atoms with Crippen molar-refractivity contribution in [2.24, 2.45) is 5.41 Å². The molecule has 0 aromatic carbocycles. The number of nitrogens with one attached hydrogen (secondary N) is 1. The number of nitrogens with zero attached hydrogens (tertiary/aromatic N) is 3. The molecule has 0 saturated heterocycles. The second-order valence-electron chi connectivity index (χ2n) is 8.70. The first-order valence-corrected chi connectivity index (χ1v) is 12.8. The Bertz CT molecular complexity index is 1450. The van der Waals surface area contributed by atoms with Crippen molar-refractivity contribution in [3.8, 4) is 21.9 Å². The van der Waals surface area contributed by atoms with Crippen molar-refractivity contribution in [2.45, 2.75) is 31.1 Å². The van der Waals surface area contributed by atoms with Crippen LogP contribution >= 0.6 is 11.3 Å². The second kappa shape index (κ2) is 9.27. The third-order valence-corrected chi connectivity index (χ3v) is 8.38. The molecule has 9 nitrogen and oxygen atoms in total. The molecular weight excluding hydrogens is 495 g/mol. The molecule has 4 aromatic rings. The fraction of sp³-hybridized carbons (Fsp3) is 0.261. The van der Waals surface area contributed by atoms with Crippen LogP contribution in [0.3, 0.4) is 0 Å². The van der Waals surface area contributed by atoms with E-state index in [9.17, 15) is 17.6 Å². The summed E-state index contributed by atoms with van der Waals surface area (Å²) in [6.45, 7) is 5.54. The first kappa shape index (κ1) is 24.6. The third-order valence-electron chi connectivity index (χ3n) is 5.14. The fourth-order valence-corrected chi connectivity index (χ4v) is 6.25. The van der Waals surface area contributed by atoms with Crippen LogP contribution in [0, 0.1) is 11.4 Å². The fourth-order valence-electron chi connectivity index (χ4n) is 3.52. The summed E-state index contributed by atoms with van der Waals surface area (Å²) in [4.78, 5) is 16.3. The smallest absolute Gasteiger partial charge is 0.407 e. The predicted octanol–water partition coefficient (Wildman–Crippen LogP) is 5.09. The average molecular weight is 519 g/mol. The van der Waals surface area contributed by atoms with Crippen LogP contribution in [0.4, 0.5) is 9.18 Å². The number of hydrogen-bond donors (Lipinski definition) is 1. The lowest BCUT2D eigenvalue weighted by molar-refractivity contribution is 0.0315. The van der Waals surface area contributed by atoms with Crippen molar-refractivity contribution >= 4 is 27.5 Å². The zero-order valence-corrected chi connectivity index (χ0v) is 21.0. The van der Waals surface area contributed by atoms with Crippen LogP contribution in [-0.2, 0) is 14.8 Å². The quantitative estimate of drug-likeness (QED) is 0.354. The normalized spacial score (nSPS) is 12.9. The highest BCUT2D eigenvalue weighted by atomic mass is 32.2. The zero-order chi connectivity index (χ0) is 25.4. The van der Waals surface area contributed by atoms with E-state index < -0.39 is 33.6 Å². The van der Waals surface area contributed by atoms with Gasteiger partial charge in [-0.05, 0) is 30.3 Å². The zero-order valence-electron chi connectivity index (χ0n) is 19.4. The van der Waals surface area contributed by atoms with Gasteiger partial charge in [0.15, 0.2) is 5.76 Å². The second-order valence-corrected chi connectivity index (χ2v) is 11.8. The molecule has 0 fully saturated rings. The van der Waals surface area contributed by atoms with Gasteiger partial charge in [-0.15, -0.1) is 11.3 Å². The van der Waals surface area contributed by atoms with Crippen LogP contribution in [0.15, 0.2) is 63.7 Å². The molecule has 4 heterocycles. The number of aromatic nitrogens is 3. The van der Waals surface area contributed by atoms with Gasteiger partial charge in [-0.3, -0.25) is 0 Å².